The summed E-state index contributed by atoms with van der Waals surface area (Å²) in [6.45, 7) is 4.71. The van der Waals surface area contributed by atoms with Crippen LogP contribution in [-0.2, 0) is 4.79 Å². The lowest BCUT2D eigenvalue weighted by Gasteiger charge is -2.39. The van der Waals surface area contributed by atoms with E-state index in [1.165, 1.54) is 0 Å². The largest absolute Gasteiger partial charge is 0.460 e. The standard InChI is InChI=1S/C18H24N2O2/c1-12(17-11-14-7-3-4-9-16(14)22-17)18(21)20-10-6-5-8-15(20)13(2)19/h3-4,7,9,11-13,15H,5-6,8,10,19H2,1-2H3. The summed E-state index contributed by atoms with van der Waals surface area (Å²) < 4.78 is 5.86. The molecule has 3 rings (SSSR count). The van der Waals surface area contributed by atoms with Gasteiger partial charge in [-0.1, -0.05) is 18.2 Å². The van der Waals surface area contributed by atoms with E-state index in [4.69, 9.17) is 10.2 Å². The molecule has 1 aliphatic rings. The molecule has 3 atom stereocenters. The van der Waals surface area contributed by atoms with E-state index in [0.29, 0.717) is 0 Å². The van der Waals surface area contributed by atoms with E-state index in [-0.39, 0.29) is 23.9 Å². The smallest absolute Gasteiger partial charge is 0.233 e. The number of piperidine rings is 1. The van der Waals surface area contributed by atoms with Crippen molar-refractivity contribution in [2.24, 2.45) is 5.73 Å². The summed E-state index contributed by atoms with van der Waals surface area (Å²) in [5.41, 5.74) is 6.91. The Balaban J connectivity index is 1.83. The van der Waals surface area contributed by atoms with Crippen LogP contribution >= 0.6 is 0 Å². The number of carbonyl (C=O) groups is 1. The zero-order valence-corrected chi connectivity index (χ0v) is 13.3. The predicted octanol–water partition coefficient (Wildman–Crippen LogP) is 3.26. The van der Waals surface area contributed by atoms with Gasteiger partial charge in [-0.2, -0.15) is 0 Å². The van der Waals surface area contributed by atoms with E-state index in [1.54, 1.807) is 0 Å². The highest BCUT2D eigenvalue weighted by molar-refractivity contribution is 5.85. The van der Waals surface area contributed by atoms with Gasteiger partial charge >= 0.3 is 0 Å². The number of para-hydroxylation sites is 1. The van der Waals surface area contributed by atoms with Gasteiger partial charge in [0.05, 0.1) is 5.92 Å². The minimum absolute atomic E-state index is 0.00660. The molecule has 1 amide bonds. The molecule has 0 radical (unpaired) electrons. The van der Waals surface area contributed by atoms with Crippen molar-refractivity contribution >= 4 is 16.9 Å². The topological polar surface area (TPSA) is 59.5 Å². The minimum Gasteiger partial charge on any atom is -0.460 e. The number of rotatable bonds is 3. The number of amides is 1. The molecule has 4 nitrogen and oxygen atoms in total. The molecule has 2 heterocycles. The average molecular weight is 300 g/mol. The van der Waals surface area contributed by atoms with Gasteiger partial charge in [-0.3, -0.25) is 4.79 Å². The zero-order chi connectivity index (χ0) is 15.7. The molecular weight excluding hydrogens is 276 g/mol. The number of hydrogen-bond acceptors (Lipinski definition) is 3. The van der Waals surface area contributed by atoms with E-state index >= 15 is 0 Å². The van der Waals surface area contributed by atoms with Gasteiger partial charge in [-0.15, -0.1) is 0 Å². The highest BCUT2D eigenvalue weighted by Crippen LogP contribution is 2.29. The summed E-state index contributed by atoms with van der Waals surface area (Å²) in [4.78, 5) is 14.9. The number of furan rings is 1. The van der Waals surface area contributed by atoms with Crippen LogP contribution in [-0.4, -0.2) is 29.4 Å². The number of nitrogens with two attached hydrogens (primary N) is 1. The van der Waals surface area contributed by atoms with Gasteiger partial charge in [-0.25, -0.2) is 0 Å². The molecule has 1 fully saturated rings. The third-order valence-electron chi connectivity index (χ3n) is 4.68. The Bertz CT molecular complexity index is 629. The molecule has 0 saturated carbocycles. The van der Waals surface area contributed by atoms with E-state index in [1.807, 2.05) is 49.1 Å². The van der Waals surface area contributed by atoms with E-state index in [9.17, 15) is 4.79 Å². The molecule has 0 spiro atoms. The lowest BCUT2D eigenvalue weighted by molar-refractivity contribution is -0.136. The summed E-state index contributed by atoms with van der Waals surface area (Å²) in [5, 5.41) is 1.04. The molecule has 1 aromatic heterocycles. The number of likely N-dealkylation sites (tertiary alicyclic amines) is 1. The Hall–Kier alpha value is -1.81. The molecule has 118 valence electrons. The summed E-state index contributed by atoms with van der Waals surface area (Å²) >= 11 is 0. The molecule has 2 aromatic rings. The molecule has 1 aliphatic heterocycles. The molecule has 3 unspecified atom stereocenters. The van der Waals surface area contributed by atoms with Crippen molar-refractivity contribution in [3.05, 3.63) is 36.1 Å². The molecule has 2 N–H and O–H groups in total. The average Bonchev–Trinajstić information content (AvgIpc) is 2.97. The van der Waals surface area contributed by atoms with Crippen molar-refractivity contribution in [2.75, 3.05) is 6.54 Å². The Morgan fingerprint density at radius 1 is 1.32 bits per heavy atom. The van der Waals surface area contributed by atoms with Crippen LogP contribution in [0.3, 0.4) is 0 Å². The van der Waals surface area contributed by atoms with Crippen molar-refractivity contribution in [3.63, 3.8) is 0 Å². The van der Waals surface area contributed by atoms with Crippen molar-refractivity contribution in [1.82, 2.24) is 4.90 Å². The Kier molecular flexibility index (Phi) is 4.21. The second kappa shape index (κ2) is 6.13. The quantitative estimate of drug-likeness (QED) is 0.946. The number of fused-ring (bicyclic) bond motifs is 1. The van der Waals surface area contributed by atoms with Crippen molar-refractivity contribution < 1.29 is 9.21 Å². The fourth-order valence-electron chi connectivity index (χ4n) is 3.36. The summed E-state index contributed by atoms with van der Waals surface area (Å²) in [7, 11) is 0. The normalized spacial score (nSPS) is 21.8. The van der Waals surface area contributed by atoms with Gasteiger partial charge in [0.15, 0.2) is 0 Å². The first kappa shape index (κ1) is 15.1. The van der Waals surface area contributed by atoms with E-state index in [0.717, 1.165) is 42.5 Å². The van der Waals surface area contributed by atoms with Gasteiger partial charge in [0, 0.05) is 24.0 Å². The molecular formula is C18H24N2O2. The molecule has 22 heavy (non-hydrogen) atoms. The van der Waals surface area contributed by atoms with Gasteiger partial charge in [0.1, 0.15) is 11.3 Å². The van der Waals surface area contributed by atoms with Crippen LogP contribution in [0.15, 0.2) is 34.7 Å². The SMILES string of the molecule is CC(C(=O)N1CCCCC1C(C)N)c1cc2ccccc2o1. The van der Waals surface area contributed by atoms with E-state index in [2.05, 4.69) is 0 Å². The highest BCUT2D eigenvalue weighted by atomic mass is 16.3. The maximum atomic E-state index is 12.9. The highest BCUT2D eigenvalue weighted by Gasteiger charge is 2.33. The van der Waals surface area contributed by atoms with Crippen LogP contribution in [0.1, 0.15) is 44.8 Å². The van der Waals surface area contributed by atoms with Crippen LogP contribution < -0.4 is 5.73 Å². The summed E-state index contributed by atoms with van der Waals surface area (Å²) in [6, 6.07) is 9.99. The Morgan fingerprint density at radius 2 is 2.09 bits per heavy atom. The lowest BCUT2D eigenvalue weighted by Crippen LogP contribution is -2.52. The molecule has 0 bridgehead atoms. The van der Waals surface area contributed by atoms with Crippen LogP contribution in [0, 0.1) is 0 Å². The zero-order valence-electron chi connectivity index (χ0n) is 13.3. The third kappa shape index (κ3) is 2.75. The number of carbonyl (C=O) groups excluding carboxylic acids is 1. The summed E-state index contributed by atoms with van der Waals surface area (Å²) in [6.07, 6.45) is 3.20. The van der Waals surface area contributed by atoms with Crippen molar-refractivity contribution in [2.45, 2.75) is 51.1 Å². The first-order chi connectivity index (χ1) is 10.6. The van der Waals surface area contributed by atoms with Gasteiger partial charge in [0.2, 0.25) is 5.91 Å². The Labute approximate surface area is 131 Å². The van der Waals surface area contributed by atoms with E-state index < -0.39 is 0 Å². The molecule has 1 saturated heterocycles. The minimum atomic E-state index is -0.272. The Morgan fingerprint density at radius 3 is 2.82 bits per heavy atom. The van der Waals surface area contributed by atoms with Crippen molar-refractivity contribution in [3.8, 4) is 0 Å². The van der Waals surface area contributed by atoms with Crippen LogP contribution in [0.4, 0.5) is 0 Å². The fraction of sp³-hybridized carbons (Fsp3) is 0.500. The van der Waals surface area contributed by atoms with Crippen LogP contribution in [0.5, 0.6) is 0 Å². The van der Waals surface area contributed by atoms with Gasteiger partial charge < -0.3 is 15.1 Å². The first-order valence-electron chi connectivity index (χ1n) is 8.12. The monoisotopic (exact) mass is 300 g/mol. The maximum Gasteiger partial charge on any atom is 0.233 e. The predicted molar refractivity (Wildman–Crippen MR) is 87.6 cm³/mol. The number of nitrogens with zero attached hydrogens (tertiary/aromatic N) is 1. The maximum absolute atomic E-state index is 12.9. The molecule has 0 aliphatic carbocycles. The molecule has 4 heteroatoms. The van der Waals surface area contributed by atoms with Gasteiger partial charge in [-0.05, 0) is 45.2 Å². The number of benzene rings is 1. The fourth-order valence-corrected chi connectivity index (χ4v) is 3.36. The lowest BCUT2D eigenvalue weighted by atomic mass is 9.94. The van der Waals surface area contributed by atoms with Gasteiger partial charge in [0.25, 0.3) is 0 Å². The molecule has 1 aromatic carbocycles. The summed E-state index contributed by atoms with van der Waals surface area (Å²) in [5.74, 6) is 0.591. The van der Waals surface area contributed by atoms with Crippen molar-refractivity contribution in [1.29, 1.82) is 0 Å². The van der Waals surface area contributed by atoms with Crippen LogP contribution in [0.2, 0.25) is 0 Å². The number of hydrogen-bond donors (Lipinski definition) is 1. The third-order valence-corrected chi connectivity index (χ3v) is 4.68. The second-order valence-electron chi connectivity index (χ2n) is 6.36. The first-order valence-corrected chi connectivity index (χ1v) is 8.12. The van der Waals surface area contributed by atoms with Crippen LogP contribution in [0.25, 0.3) is 11.0 Å². The second-order valence-corrected chi connectivity index (χ2v) is 6.36.